The zero-order valence-corrected chi connectivity index (χ0v) is 5.14. The molecule has 11 heavy (non-hydrogen) atoms. The van der Waals surface area contributed by atoms with Crippen LogP contribution in [-0.2, 0) is 0 Å². The monoisotopic (exact) mass is 154 g/mol. The summed E-state index contributed by atoms with van der Waals surface area (Å²) in [5.41, 5.74) is -1.40. The van der Waals surface area contributed by atoms with Gasteiger partial charge in [0.1, 0.15) is 0 Å². The largest absolute Gasteiger partial charge is 0.410 e. The summed E-state index contributed by atoms with van der Waals surface area (Å²) in [7, 11) is 0. The van der Waals surface area contributed by atoms with Gasteiger partial charge in [-0.05, 0) is 0 Å². The second-order valence-electron chi connectivity index (χ2n) is 1.78. The highest BCUT2D eigenvalue weighted by atomic mass is 16.4. The lowest BCUT2D eigenvalue weighted by molar-refractivity contribution is 0.581. The van der Waals surface area contributed by atoms with E-state index in [1.807, 2.05) is 4.98 Å². The molecule has 0 saturated carbocycles. The number of H-pyrrole nitrogens is 1. The summed E-state index contributed by atoms with van der Waals surface area (Å²) in [6, 6.07) is 0. The molecule has 0 aliphatic heterocycles. The number of hydrogen-bond acceptors (Lipinski definition) is 5. The van der Waals surface area contributed by atoms with Crippen molar-refractivity contribution in [2.45, 2.75) is 0 Å². The summed E-state index contributed by atoms with van der Waals surface area (Å²) in [5, 5.41) is 3.46. The number of hydrogen-bond donors (Lipinski definition) is 1. The first-order valence-electron chi connectivity index (χ1n) is 2.70. The number of aromatic amines is 1. The highest BCUT2D eigenvalue weighted by Crippen LogP contribution is 1.85. The van der Waals surface area contributed by atoms with Gasteiger partial charge >= 0.3 is 17.2 Å². The second-order valence-corrected chi connectivity index (χ2v) is 1.78. The Balaban J connectivity index is 3.15. The highest BCUT2D eigenvalue weighted by Gasteiger charge is 2.01. The zero-order chi connectivity index (χ0) is 7.84. The molecule has 0 fully saturated rings. The van der Waals surface area contributed by atoms with Crippen molar-refractivity contribution in [2.75, 3.05) is 0 Å². The number of fused-ring (bicyclic) bond motifs is 1. The Kier molecular flexibility index (Phi) is 0.945. The molecule has 0 aliphatic carbocycles. The van der Waals surface area contributed by atoms with Crippen LogP contribution in [0, 0.1) is 0 Å². The van der Waals surface area contributed by atoms with Crippen molar-refractivity contribution in [1.29, 1.82) is 0 Å². The lowest BCUT2D eigenvalue weighted by Crippen LogP contribution is -2.28. The van der Waals surface area contributed by atoms with Crippen molar-refractivity contribution < 1.29 is 4.42 Å². The molecule has 0 amide bonds. The molecule has 2 aromatic rings. The molecule has 2 aromatic heterocycles. The molecule has 0 saturated heterocycles. The first-order chi connectivity index (χ1) is 5.27. The standard InChI is InChI=1S/C4H2N4O3/c9-2-6-3(10)8-4(7-2)11-1-5-8/h1H,(H,6,9,10). The van der Waals surface area contributed by atoms with Gasteiger partial charge in [-0.1, -0.05) is 0 Å². The van der Waals surface area contributed by atoms with Crippen LogP contribution in [0.3, 0.4) is 0 Å². The van der Waals surface area contributed by atoms with Gasteiger partial charge in [0.2, 0.25) is 6.39 Å². The van der Waals surface area contributed by atoms with E-state index in [1.54, 1.807) is 0 Å². The van der Waals surface area contributed by atoms with Crippen molar-refractivity contribution in [3.05, 3.63) is 27.4 Å². The van der Waals surface area contributed by atoms with Gasteiger partial charge in [0, 0.05) is 0 Å². The molecule has 0 atom stereocenters. The third-order valence-electron chi connectivity index (χ3n) is 1.11. The minimum atomic E-state index is -0.744. The molecular weight excluding hydrogens is 152 g/mol. The van der Waals surface area contributed by atoms with Crippen LogP contribution in [0.25, 0.3) is 5.84 Å². The zero-order valence-electron chi connectivity index (χ0n) is 5.14. The highest BCUT2D eigenvalue weighted by molar-refractivity contribution is 5.14. The van der Waals surface area contributed by atoms with Crippen molar-refractivity contribution >= 4 is 5.84 Å². The molecule has 0 bridgehead atoms. The van der Waals surface area contributed by atoms with E-state index in [1.165, 1.54) is 0 Å². The predicted octanol–water partition coefficient (Wildman–Crippen LogP) is -1.63. The van der Waals surface area contributed by atoms with Crippen LogP contribution in [0.5, 0.6) is 0 Å². The Morgan fingerprint density at radius 1 is 1.55 bits per heavy atom. The topological polar surface area (TPSA) is 93.3 Å². The fourth-order valence-electron chi connectivity index (χ4n) is 0.689. The molecule has 56 valence electrons. The third-order valence-corrected chi connectivity index (χ3v) is 1.11. The maximum Gasteiger partial charge on any atom is 0.354 e. The van der Waals surface area contributed by atoms with Gasteiger partial charge in [0.25, 0.3) is 0 Å². The molecule has 0 spiro atoms. The van der Waals surface area contributed by atoms with E-state index in [0.717, 1.165) is 10.9 Å². The maximum absolute atomic E-state index is 10.8. The second kappa shape index (κ2) is 1.78. The van der Waals surface area contributed by atoms with Gasteiger partial charge in [0.15, 0.2) is 0 Å². The van der Waals surface area contributed by atoms with Gasteiger partial charge in [0.05, 0.1) is 0 Å². The average molecular weight is 154 g/mol. The van der Waals surface area contributed by atoms with E-state index in [-0.39, 0.29) is 5.84 Å². The van der Waals surface area contributed by atoms with E-state index in [0.29, 0.717) is 0 Å². The predicted molar refractivity (Wildman–Crippen MR) is 32.1 cm³/mol. The summed E-state index contributed by atoms with van der Waals surface area (Å²) in [6.45, 7) is 0. The van der Waals surface area contributed by atoms with Gasteiger partial charge in [-0.2, -0.15) is 0 Å². The molecule has 2 heterocycles. The molecule has 7 nitrogen and oxygen atoms in total. The van der Waals surface area contributed by atoms with E-state index in [2.05, 4.69) is 14.5 Å². The van der Waals surface area contributed by atoms with Crippen molar-refractivity contribution in [1.82, 2.24) is 19.6 Å². The molecule has 2 rings (SSSR count). The minimum Gasteiger partial charge on any atom is -0.410 e. The van der Waals surface area contributed by atoms with E-state index < -0.39 is 11.4 Å². The summed E-state index contributed by atoms with van der Waals surface area (Å²) >= 11 is 0. The number of nitrogens with one attached hydrogen (secondary N) is 1. The van der Waals surface area contributed by atoms with E-state index in [9.17, 15) is 9.59 Å². The van der Waals surface area contributed by atoms with Crippen LogP contribution in [-0.4, -0.2) is 19.6 Å². The maximum atomic E-state index is 10.8. The van der Waals surface area contributed by atoms with Crippen LogP contribution in [0.2, 0.25) is 0 Å². The lowest BCUT2D eigenvalue weighted by Gasteiger charge is -1.82. The summed E-state index contributed by atoms with van der Waals surface area (Å²) in [4.78, 5) is 26.6. The number of rotatable bonds is 0. The molecule has 1 N–H and O–H groups in total. The van der Waals surface area contributed by atoms with Crippen LogP contribution in [0.4, 0.5) is 0 Å². The fourth-order valence-corrected chi connectivity index (χ4v) is 0.689. The molecule has 7 heteroatoms. The van der Waals surface area contributed by atoms with Crippen molar-refractivity contribution in [3.63, 3.8) is 0 Å². The first kappa shape index (κ1) is 5.83. The summed E-state index contributed by atoms with van der Waals surface area (Å²) < 4.78 is 5.45. The Bertz CT molecular complexity index is 491. The Morgan fingerprint density at radius 2 is 2.36 bits per heavy atom. The summed E-state index contributed by atoms with van der Waals surface area (Å²) in [6.07, 6.45) is 1.02. The molecule has 0 aromatic carbocycles. The average Bonchev–Trinajstić information content (AvgIpc) is 2.34. The first-order valence-corrected chi connectivity index (χ1v) is 2.70. The molecule has 0 unspecified atom stereocenters. The minimum absolute atomic E-state index is 0.112. The van der Waals surface area contributed by atoms with E-state index >= 15 is 0 Å². The number of aromatic nitrogens is 4. The quantitative estimate of drug-likeness (QED) is 0.491. The van der Waals surface area contributed by atoms with Gasteiger partial charge in [-0.25, -0.2) is 9.59 Å². The SMILES string of the molecule is O=c1nc2ocnn2c(=O)[nH]1. The van der Waals surface area contributed by atoms with Crippen LogP contribution in [0.1, 0.15) is 0 Å². The summed E-state index contributed by atoms with van der Waals surface area (Å²) in [5.74, 6) is -0.112. The third kappa shape index (κ3) is 0.741. The van der Waals surface area contributed by atoms with Crippen molar-refractivity contribution in [3.8, 4) is 0 Å². The molecule has 0 radical (unpaired) electrons. The molecular formula is C4H2N4O3. The van der Waals surface area contributed by atoms with Crippen LogP contribution < -0.4 is 11.4 Å². The van der Waals surface area contributed by atoms with E-state index in [4.69, 9.17) is 0 Å². The Labute approximate surface area is 58.3 Å². The van der Waals surface area contributed by atoms with Crippen LogP contribution in [0.15, 0.2) is 20.4 Å². The Morgan fingerprint density at radius 3 is 3.18 bits per heavy atom. The molecule has 0 aliphatic rings. The lowest BCUT2D eigenvalue weighted by atomic mass is 11.0. The Hall–Kier alpha value is -1.92. The van der Waals surface area contributed by atoms with Crippen molar-refractivity contribution in [2.24, 2.45) is 0 Å². The van der Waals surface area contributed by atoms with Gasteiger partial charge in [-0.15, -0.1) is 14.6 Å². The van der Waals surface area contributed by atoms with Crippen LogP contribution >= 0.6 is 0 Å². The fraction of sp³-hybridized carbons (Fsp3) is 0. The number of nitrogens with zero attached hydrogens (tertiary/aromatic N) is 3. The van der Waals surface area contributed by atoms with Gasteiger partial charge < -0.3 is 4.42 Å². The smallest absolute Gasteiger partial charge is 0.354 e. The van der Waals surface area contributed by atoms with Gasteiger partial charge in [-0.3, -0.25) is 4.98 Å². The normalized spacial score (nSPS) is 10.5.